The molecule has 1 N–H and O–H groups in total. The predicted molar refractivity (Wildman–Crippen MR) is 127 cm³/mol. The Kier molecular flexibility index (Phi) is 7.52. The molecule has 0 atom stereocenters. The normalized spacial score (nSPS) is 14.7. The number of rotatable bonds is 7. The Morgan fingerprint density at radius 2 is 1.88 bits per heavy atom. The molecule has 0 amide bonds. The second kappa shape index (κ2) is 10.4. The lowest BCUT2D eigenvalue weighted by molar-refractivity contribution is 0.0468. The highest BCUT2D eigenvalue weighted by molar-refractivity contribution is 7.89. The van der Waals surface area contributed by atoms with E-state index in [1.807, 2.05) is 30.3 Å². The maximum Gasteiger partial charge on any atom is 0.340 e. The molecule has 0 unspecified atom stereocenters. The Balaban J connectivity index is 1.47. The first-order valence-corrected chi connectivity index (χ1v) is 12.9. The van der Waals surface area contributed by atoms with Crippen LogP contribution in [0, 0.1) is 0 Å². The van der Waals surface area contributed by atoms with Crippen LogP contribution < -0.4 is 5.32 Å². The standard InChI is InChI=1S/C21H19Cl2N3O5S2/c22-17-11-18(23)19(33(28,29)26-6-8-30-9-7-26)10-16(17)20(27)31-12-15-13-32-21(25-15)24-14-4-2-1-3-5-14/h1-5,10-11,13H,6-9,12H2,(H,24,25). The number of halogens is 2. The van der Waals surface area contributed by atoms with Crippen molar-refractivity contribution in [2.24, 2.45) is 0 Å². The first-order valence-electron chi connectivity index (χ1n) is 9.85. The van der Waals surface area contributed by atoms with Crippen molar-refractivity contribution in [3.05, 3.63) is 69.1 Å². The third-order valence-corrected chi connectivity index (χ3v) is 8.24. The highest BCUT2D eigenvalue weighted by Gasteiger charge is 2.30. The van der Waals surface area contributed by atoms with E-state index >= 15 is 0 Å². The van der Waals surface area contributed by atoms with Gasteiger partial charge in [0.1, 0.15) is 11.5 Å². The van der Waals surface area contributed by atoms with Gasteiger partial charge in [-0.05, 0) is 24.3 Å². The Morgan fingerprint density at radius 3 is 2.61 bits per heavy atom. The fraction of sp³-hybridized carbons (Fsp3) is 0.238. The summed E-state index contributed by atoms with van der Waals surface area (Å²) in [5, 5.41) is 5.50. The van der Waals surface area contributed by atoms with Crippen LogP contribution in [0.3, 0.4) is 0 Å². The van der Waals surface area contributed by atoms with Gasteiger partial charge in [0.25, 0.3) is 0 Å². The number of para-hydroxylation sites is 1. The highest BCUT2D eigenvalue weighted by atomic mass is 35.5. The van der Waals surface area contributed by atoms with Gasteiger partial charge in [-0.25, -0.2) is 18.2 Å². The van der Waals surface area contributed by atoms with Gasteiger partial charge in [-0.1, -0.05) is 41.4 Å². The molecule has 12 heteroatoms. The number of carbonyl (C=O) groups is 1. The van der Waals surface area contributed by atoms with E-state index in [4.69, 9.17) is 32.7 Å². The van der Waals surface area contributed by atoms with Crippen LogP contribution in [0.4, 0.5) is 10.8 Å². The molecule has 2 aromatic carbocycles. The molecule has 174 valence electrons. The molecular formula is C21H19Cl2N3O5S2. The van der Waals surface area contributed by atoms with E-state index in [0.29, 0.717) is 10.8 Å². The maximum absolute atomic E-state index is 13.0. The number of carbonyl (C=O) groups excluding carboxylic acids is 1. The number of nitrogens with zero attached hydrogens (tertiary/aromatic N) is 2. The largest absolute Gasteiger partial charge is 0.456 e. The molecule has 33 heavy (non-hydrogen) atoms. The molecule has 1 aliphatic rings. The van der Waals surface area contributed by atoms with Crippen molar-refractivity contribution in [2.45, 2.75) is 11.5 Å². The smallest absolute Gasteiger partial charge is 0.340 e. The molecule has 2 heterocycles. The molecule has 1 aliphatic heterocycles. The summed E-state index contributed by atoms with van der Waals surface area (Å²) >= 11 is 13.7. The van der Waals surface area contributed by atoms with Crippen molar-refractivity contribution in [1.82, 2.24) is 9.29 Å². The first-order chi connectivity index (χ1) is 15.8. The molecule has 0 saturated carbocycles. The number of esters is 1. The van der Waals surface area contributed by atoms with Crippen molar-refractivity contribution >= 4 is 61.4 Å². The van der Waals surface area contributed by atoms with E-state index in [0.717, 1.165) is 11.8 Å². The zero-order chi connectivity index (χ0) is 23.4. The summed E-state index contributed by atoms with van der Waals surface area (Å²) in [6.45, 7) is 0.868. The molecule has 1 fully saturated rings. The van der Waals surface area contributed by atoms with Gasteiger partial charge in [-0.2, -0.15) is 4.31 Å². The second-order valence-electron chi connectivity index (χ2n) is 6.99. The number of morpholine rings is 1. The zero-order valence-corrected chi connectivity index (χ0v) is 20.3. The Labute approximate surface area is 205 Å². The number of ether oxygens (including phenoxy) is 2. The number of aromatic nitrogens is 1. The number of nitrogens with one attached hydrogen (secondary N) is 1. The topological polar surface area (TPSA) is 97.8 Å². The van der Waals surface area contributed by atoms with E-state index in [2.05, 4.69) is 10.3 Å². The molecule has 1 aromatic heterocycles. The molecular weight excluding hydrogens is 509 g/mol. The zero-order valence-electron chi connectivity index (χ0n) is 17.2. The molecule has 0 aliphatic carbocycles. The minimum atomic E-state index is -3.92. The average molecular weight is 528 g/mol. The van der Waals surface area contributed by atoms with Crippen LogP contribution in [0.2, 0.25) is 10.0 Å². The van der Waals surface area contributed by atoms with Crippen molar-refractivity contribution in [3.63, 3.8) is 0 Å². The molecule has 0 spiro atoms. The predicted octanol–water partition coefficient (Wildman–Crippen LogP) is 4.57. The molecule has 0 radical (unpaired) electrons. The van der Waals surface area contributed by atoms with Gasteiger partial charge in [0, 0.05) is 24.2 Å². The third kappa shape index (κ3) is 5.65. The first kappa shape index (κ1) is 23.9. The summed E-state index contributed by atoms with van der Waals surface area (Å²) in [4.78, 5) is 16.9. The van der Waals surface area contributed by atoms with E-state index in [-0.39, 0.29) is 53.4 Å². The van der Waals surface area contributed by atoms with Crippen LogP contribution in [-0.4, -0.2) is 50.0 Å². The Bertz CT molecular complexity index is 1250. The van der Waals surface area contributed by atoms with Crippen molar-refractivity contribution < 1.29 is 22.7 Å². The molecule has 1 saturated heterocycles. The van der Waals surface area contributed by atoms with Crippen LogP contribution in [0.25, 0.3) is 0 Å². The van der Waals surface area contributed by atoms with Gasteiger partial charge in [0.2, 0.25) is 10.0 Å². The number of thiazole rings is 1. The number of sulfonamides is 1. The summed E-state index contributed by atoms with van der Waals surface area (Å²) in [7, 11) is -3.92. The summed E-state index contributed by atoms with van der Waals surface area (Å²) in [5.41, 5.74) is 1.33. The number of hydrogen-bond donors (Lipinski definition) is 1. The highest BCUT2D eigenvalue weighted by Crippen LogP contribution is 2.31. The van der Waals surface area contributed by atoms with Crippen molar-refractivity contribution in [1.29, 1.82) is 0 Å². The van der Waals surface area contributed by atoms with Gasteiger partial charge < -0.3 is 14.8 Å². The van der Waals surface area contributed by atoms with Crippen LogP contribution in [0.15, 0.2) is 52.7 Å². The summed E-state index contributed by atoms with van der Waals surface area (Å²) in [6, 6.07) is 11.9. The van der Waals surface area contributed by atoms with Crippen molar-refractivity contribution in [3.8, 4) is 0 Å². The van der Waals surface area contributed by atoms with E-state index in [9.17, 15) is 13.2 Å². The lowest BCUT2D eigenvalue weighted by Gasteiger charge is -2.26. The van der Waals surface area contributed by atoms with Crippen LogP contribution >= 0.6 is 34.5 Å². The Morgan fingerprint density at radius 1 is 1.15 bits per heavy atom. The summed E-state index contributed by atoms with van der Waals surface area (Å²) in [5.74, 6) is -0.777. The lowest BCUT2D eigenvalue weighted by atomic mass is 10.2. The lowest BCUT2D eigenvalue weighted by Crippen LogP contribution is -2.40. The van der Waals surface area contributed by atoms with Gasteiger partial charge in [0.15, 0.2) is 5.13 Å². The van der Waals surface area contributed by atoms with Crippen LogP contribution in [-0.2, 0) is 26.1 Å². The number of benzene rings is 2. The van der Waals surface area contributed by atoms with Crippen LogP contribution in [0.1, 0.15) is 16.1 Å². The fourth-order valence-corrected chi connectivity index (χ4v) is 6.05. The van der Waals surface area contributed by atoms with Crippen molar-refractivity contribution in [2.75, 3.05) is 31.6 Å². The van der Waals surface area contributed by atoms with Gasteiger partial charge in [0.05, 0.1) is 34.5 Å². The van der Waals surface area contributed by atoms with Crippen LogP contribution in [0.5, 0.6) is 0 Å². The molecule has 8 nitrogen and oxygen atoms in total. The summed E-state index contributed by atoms with van der Waals surface area (Å²) in [6.07, 6.45) is 0. The fourth-order valence-electron chi connectivity index (χ4n) is 3.10. The number of hydrogen-bond acceptors (Lipinski definition) is 8. The molecule has 4 rings (SSSR count). The monoisotopic (exact) mass is 527 g/mol. The number of anilines is 2. The summed E-state index contributed by atoms with van der Waals surface area (Å²) < 4.78 is 37.8. The second-order valence-corrected chi connectivity index (χ2v) is 10.6. The maximum atomic E-state index is 13.0. The van der Waals surface area contributed by atoms with Gasteiger partial charge in [-0.3, -0.25) is 0 Å². The minimum absolute atomic E-state index is 0.00404. The van der Waals surface area contributed by atoms with Gasteiger partial charge >= 0.3 is 5.97 Å². The molecule has 3 aromatic rings. The third-order valence-electron chi connectivity index (χ3n) is 4.76. The van der Waals surface area contributed by atoms with E-state index in [1.165, 1.54) is 21.7 Å². The quantitative estimate of drug-likeness (QED) is 0.449. The molecule has 0 bridgehead atoms. The minimum Gasteiger partial charge on any atom is -0.456 e. The van der Waals surface area contributed by atoms with Gasteiger partial charge in [-0.15, -0.1) is 11.3 Å². The van der Waals surface area contributed by atoms with E-state index < -0.39 is 16.0 Å². The SMILES string of the molecule is O=C(OCc1csc(Nc2ccccc2)n1)c1cc(S(=O)(=O)N2CCOCC2)c(Cl)cc1Cl. The Hall–Kier alpha value is -2.21. The average Bonchev–Trinajstić information content (AvgIpc) is 3.26. The van der Waals surface area contributed by atoms with E-state index in [1.54, 1.807) is 5.38 Å².